The lowest BCUT2D eigenvalue weighted by Crippen LogP contribution is -2.22. The van der Waals surface area contributed by atoms with Gasteiger partial charge in [0, 0.05) is 5.56 Å². The van der Waals surface area contributed by atoms with Gasteiger partial charge in [-0.3, -0.25) is 10.2 Å². The molecule has 3 aromatic rings. The summed E-state index contributed by atoms with van der Waals surface area (Å²) in [6.45, 7) is 0. The van der Waals surface area contributed by atoms with Gasteiger partial charge < -0.3 is 0 Å². The van der Waals surface area contributed by atoms with Crippen LogP contribution in [0.3, 0.4) is 0 Å². The molecule has 0 aliphatic rings. The van der Waals surface area contributed by atoms with E-state index in [-0.39, 0.29) is 5.56 Å². The van der Waals surface area contributed by atoms with Crippen LogP contribution >= 0.6 is 0 Å². The number of imidazole rings is 1. The number of amides is 1. The van der Waals surface area contributed by atoms with Gasteiger partial charge in [0.25, 0.3) is 5.91 Å². The van der Waals surface area contributed by atoms with Crippen molar-refractivity contribution in [2.24, 2.45) is 0 Å². The summed E-state index contributed by atoms with van der Waals surface area (Å²) in [6.07, 6.45) is -3.09. The number of alkyl halides is 3. The van der Waals surface area contributed by atoms with Crippen LogP contribution in [0.5, 0.6) is 0 Å². The van der Waals surface area contributed by atoms with Gasteiger partial charge >= 0.3 is 6.18 Å². The number of hydrogen-bond donors (Lipinski definition) is 1. The highest BCUT2D eigenvalue weighted by Crippen LogP contribution is 2.29. The first-order valence-corrected chi connectivity index (χ1v) is 6.36. The van der Waals surface area contributed by atoms with E-state index in [2.05, 4.69) is 10.4 Å². The SMILES string of the molecule is O=C(Nn1cnc2ccccc21)c1cccc(C(F)(F)F)c1. The molecule has 0 aliphatic heterocycles. The highest BCUT2D eigenvalue weighted by atomic mass is 19.4. The molecule has 0 aliphatic carbocycles. The maximum absolute atomic E-state index is 12.7. The molecule has 0 spiro atoms. The van der Waals surface area contributed by atoms with Crippen LogP contribution in [0.1, 0.15) is 15.9 Å². The maximum Gasteiger partial charge on any atom is 0.416 e. The molecule has 3 rings (SSSR count). The molecule has 0 atom stereocenters. The lowest BCUT2D eigenvalue weighted by Gasteiger charge is -2.10. The standard InChI is InChI=1S/C15H10F3N3O/c16-15(17,18)11-5-3-4-10(8-11)14(22)20-21-9-19-12-6-1-2-7-13(12)21/h1-9H,(H,20,22). The number of nitrogens with zero attached hydrogens (tertiary/aromatic N) is 2. The zero-order valence-corrected chi connectivity index (χ0v) is 11.1. The van der Waals surface area contributed by atoms with Crippen molar-refractivity contribution in [1.29, 1.82) is 0 Å². The Hall–Kier alpha value is -2.83. The van der Waals surface area contributed by atoms with Gasteiger partial charge in [0.15, 0.2) is 0 Å². The fourth-order valence-electron chi connectivity index (χ4n) is 2.06. The monoisotopic (exact) mass is 305 g/mol. The van der Waals surface area contributed by atoms with Crippen LogP contribution < -0.4 is 5.43 Å². The number of nitrogens with one attached hydrogen (secondary N) is 1. The van der Waals surface area contributed by atoms with Crippen molar-refractivity contribution in [2.75, 3.05) is 5.43 Å². The van der Waals surface area contributed by atoms with Gasteiger partial charge in [-0.2, -0.15) is 13.2 Å². The summed E-state index contributed by atoms with van der Waals surface area (Å²) in [6, 6.07) is 11.3. The van der Waals surface area contributed by atoms with E-state index in [1.807, 2.05) is 0 Å². The van der Waals surface area contributed by atoms with Gasteiger partial charge in [-0.15, -0.1) is 0 Å². The first-order chi connectivity index (χ1) is 10.4. The minimum Gasteiger partial charge on any atom is -0.267 e. The van der Waals surface area contributed by atoms with Gasteiger partial charge in [0.2, 0.25) is 0 Å². The van der Waals surface area contributed by atoms with Crippen molar-refractivity contribution in [1.82, 2.24) is 9.66 Å². The lowest BCUT2D eigenvalue weighted by molar-refractivity contribution is -0.137. The second kappa shape index (κ2) is 5.18. The van der Waals surface area contributed by atoms with Gasteiger partial charge in [-0.25, -0.2) is 9.66 Å². The van der Waals surface area contributed by atoms with Crippen LogP contribution in [0.15, 0.2) is 54.9 Å². The minimum atomic E-state index is -4.49. The molecular weight excluding hydrogens is 295 g/mol. The van der Waals surface area contributed by atoms with Gasteiger partial charge in [0.1, 0.15) is 6.33 Å². The largest absolute Gasteiger partial charge is 0.416 e. The Kier molecular flexibility index (Phi) is 3.32. The quantitative estimate of drug-likeness (QED) is 0.788. The number of hydrogen-bond acceptors (Lipinski definition) is 2. The molecule has 0 radical (unpaired) electrons. The molecule has 1 heterocycles. The van der Waals surface area contributed by atoms with E-state index in [0.29, 0.717) is 11.0 Å². The number of rotatable bonds is 2. The molecule has 4 nitrogen and oxygen atoms in total. The molecular formula is C15H10F3N3O. The van der Waals surface area contributed by atoms with Gasteiger partial charge in [-0.05, 0) is 30.3 Å². The minimum absolute atomic E-state index is 0.0763. The predicted molar refractivity (Wildman–Crippen MR) is 74.9 cm³/mol. The molecule has 0 bridgehead atoms. The van der Waals surface area contributed by atoms with Crippen LogP contribution in [-0.2, 0) is 6.18 Å². The van der Waals surface area contributed by atoms with Crippen LogP contribution in [0.4, 0.5) is 13.2 Å². The summed E-state index contributed by atoms with van der Waals surface area (Å²) in [7, 11) is 0. The Morgan fingerprint density at radius 1 is 1.09 bits per heavy atom. The molecule has 112 valence electrons. The third-order valence-electron chi connectivity index (χ3n) is 3.13. The molecule has 0 fully saturated rings. The van der Waals surface area contributed by atoms with Crippen molar-refractivity contribution in [2.45, 2.75) is 6.18 Å². The summed E-state index contributed by atoms with van der Waals surface area (Å²) in [5.41, 5.74) is 2.89. The molecule has 2 aromatic carbocycles. The van der Waals surface area contributed by atoms with E-state index in [1.165, 1.54) is 23.1 Å². The maximum atomic E-state index is 12.7. The zero-order chi connectivity index (χ0) is 15.7. The Morgan fingerprint density at radius 2 is 1.86 bits per heavy atom. The van der Waals surface area contributed by atoms with Crippen LogP contribution in [0, 0.1) is 0 Å². The van der Waals surface area contributed by atoms with Crippen LogP contribution in [0.25, 0.3) is 11.0 Å². The van der Waals surface area contributed by atoms with E-state index >= 15 is 0 Å². The first kappa shape index (κ1) is 14.1. The topological polar surface area (TPSA) is 46.9 Å². The second-order valence-electron chi connectivity index (χ2n) is 4.62. The van der Waals surface area contributed by atoms with Gasteiger partial charge in [-0.1, -0.05) is 18.2 Å². The Balaban J connectivity index is 1.89. The third-order valence-corrected chi connectivity index (χ3v) is 3.13. The number of benzene rings is 2. The van der Waals surface area contributed by atoms with Crippen LogP contribution in [0.2, 0.25) is 0 Å². The number of carbonyl (C=O) groups is 1. The van der Waals surface area contributed by atoms with Crippen molar-refractivity contribution in [3.05, 3.63) is 66.0 Å². The molecule has 0 unspecified atom stereocenters. The smallest absolute Gasteiger partial charge is 0.267 e. The van der Waals surface area contributed by atoms with E-state index in [9.17, 15) is 18.0 Å². The van der Waals surface area contributed by atoms with Crippen LogP contribution in [-0.4, -0.2) is 15.6 Å². The first-order valence-electron chi connectivity index (χ1n) is 6.36. The number of fused-ring (bicyclic) bond motifs is 1. The number of aromatic nitrogens is 2. The summed E-state index contributed by atoms with van der Waals surface area (Å²) in [5, 5.41) is 0. The summed E-state index contributed by atoms with van der Waals surface area (Å²) < 4.78 is 39.4. The van der Waals surface area contributed by atoms with Crippen molar-refractivity contribution in [3.8, 4) is 0 Å². The van der Waals surface area contributed by atoms with E-state index < -0.39 is 17.6 Å². The normalized spacial score (nSPS) is 11.6. The second-order valence-corrected chi connectivity index (χ2v) is 4.62. The molecule has 22 heavy (non-hydrogen) atoms. The Bertz CT molecular complexity index is 839. The molecule has 1 N–H and O–H groups in total. The average Bonchev–Trinajstić information content (AvgIpc) is 2.90. The lowest BCUT2D eigenvalue weighted by atomic mass is 10.1. The van der Waals surface area contributed by atoms with E-state index in [1.54, 1.807) is 24.3 Å². The third kappa shape index (κ3) is 2.65. The average molecular weight is 305 g/mol. The molecule has 7 heteroatoms. The van der Waals surface area contributed by atoms with Crippen molar-refractivity contribution in [3.63, 3.8) is 0 Å². The predicted octanol–water partition coefficient (Wildman–Crippen LogP) is 3.44. The number of para-hydroxylation sites is 2. The zero-order valence-electron chi connectivity index (χ0n) is 11.1. The van der Waals surface area contributed by atoms with Gasteiger partial charge in [0.05, 0.1) is 16.6 Å². The van der Waals surface area contributed by atoms with E-state index in [4.69, 9.17) is 0 Å². The molecule has 0 saturated carbocycles. The molecule has 1 amide bonds. The van der Waals surface area contributed by atoms with Crippen molar-refractivity contribution >= 4 is 16.9 Å². The number of carbonyl (C=O) groups excluding carboxylic acids is 1. The van der Waals surface area contributed by atoms with E-state index in [0.717, 1.165) is 12.1 Å². The number of halogens is 3. The fraction of sp³-hybridized carbons (Fsp3) is 0.0667. The van der Waals surface area contributed by atoms with Crippen molar-refractivity contribution < 1.29 is 18.0 Å². The molecule has 0 saturated heterocycles. The molecule has 1 aromatic heterocycles. The summed E-state index contributed by atoms with van der Waals surface area (Å²) in [5.74, 6) is -0.644. The highest BCUT2D eigenvalue weighted by molar-refractivity contribution is 6.00. The Labute approximate surface area is 123 Å². The summed E-state index contributed by atoms with van der Waals surface area (Å²) >= 11 is 0. The fourth-order valence-corrected chi connectivity index (χ4v) is 2.06. The Morgan fingerprint density at radius 3 is 2.64 bits per heavy atom. The highest BCUT2D eigenvalue weighted by Gasteiger charge is 2.30. The summed E-state index contributed by atoms with van der Waals surface area (Å²) in [4.78, 5) is 16.2.